The van der Waals surface area contributed by atoms with Crippen LogP contribution in [-0.4, -0.2) is 43.3 Å². The quantitative estimate of drug-likeness (QED) is 0.910. The van der Waals surface area contributed by atoms with Gasteiger partial charge >= 0.3 is 5.97 Å². The molecule has 0 bridgehead atoms. The highest BCUT2D eigenvalue weighted by atomic mass is 16.7. The van der Waals surface area contributed by atoms with Crippen LogP contribution in [-0.2, 0) is 23.7 Å². The van der Waals surface area contributed by atoms with Crippen molar-refractivity contribution in [1.29, 1.82) is 0 Å². The number of hydrogen-bond donors (Lipinski definition) is 1. The topological polar surface area (TPSA) is 74.2 Å². The van der Waals surface area contributed by atoms with Crippen molar-refractivity contribution in [3.05, 3.63) is 35.9 Å². The molecule has 3 fully saturated rings. The second-order valence-electron chi connectivity index (χ2n) is 5.97. The summed E-state index contributed by atoms with van der Waals surface area (Å²) in [6, 6.07) is 9.65. The summed E-state index contributed by atoms with van der Waals surface area (Å²) in [5.74, 6) is -1.49. The van der Waals surface area contributed by atoms with Crippen molar-refractivity contribution in [2.45, 2.75) is 24.8 Å². The Balaban J connectivity index is 1.55. The average molecular weight is 306 g/mol. The third-order valence-corrected chi connectivity index (χ3v) is 4.78. The molecule has 4 rings (SSSR count). The van der Waals surface area contributed by atoms with Crippen molar-refractivity contribution in [1.82, 2.24) is 0 Å². The van der Waals surface area contributed by atoms with E-state index in [2.05, 4.69) is 0 Å². The Morgan fingerprint density at radius 3 is 2.68 bits per heavy atom. The van der Waals surface area contributed by atoms with Crippen LogP contribution in [0.3, 0.4) is 0 Å². The van der Waals surface area contributed by atoms with Gasteiger partial charge < -0.3 is 24.1 Å². The van der Waals surface area contributed by atoms with Crippen molar-refractivity contribution >= 4 is 5.97 Å². The molecule has 3 aliphatic rings. The molecule has 1 aliphatic carbocycles. The molecule has 1 saturated carbocycles. The van der Waals surface area contributed by atoms with Gasteiger partial charge in [0.25, 0.3) is 0 Å². The van der Waals surface area contributed by atoms with Crippen LogP contribution in [0.1, 0.15) is 11.9 Å². The highest BCUT2D eigenvalue weighted by Gasteiger charge is 2.68. The van der Waals surface area contributed by atoms with Crippen LogP contribution < -0.4 is 0 Å². The van der Waals surface area contributed by atoms with Crippen LogP contribution in [0.15, 0.2) is 30.3 Å². The van der Waals surface area contributed by atoms with Gasteiger partial charge in [-0.05, 0) is 0 Å². The van der Waals surface area contributed by atoms with Crippen LogP contribution in [0.25, 0.3) is 0 Å². The van der Waals surface area contributed by atoms with Gasteiger partial charge in [0, 0.05) is 24.5 Å². The van der Waals surface area contributed by atoms with Gasteiger partial charge in [0.1, 0.15) is 6.10 Å². The number of carbonyl (C=O) groups is 1. The molecule has 2 saturated heterocycles. The molecule has 22 heavy (non-hydrogen) atoms. The molecule has 2 aliphatic heterocycles. The van der Waals surface area contributed by atoms with Gasteiger partial charge in [-0.15, -0.1) is 0 Å². The van der Waals surface area contributed by atoms with Crippen molar-refractivity contribution in [2.24, 2.45) is 17.8 Å². The Labute approximate surface area is 127 Å². The monoisotopic (exact) mass is 306 g/mol. The van der Waals surface area contributed by atoms with E-state index in [1.54, 1.807) is 0 Å². The number of aliphatic carboxylic acids is 1. The number of ether oxygens (including phenoxy) is 4. The van der Waals surface area contributed by atoms with Crippen LogP contribution in [0.5, 0.6) is 0 Å². The van der Waals surface area contributed by atoms with Gasteiger partial charge in [-0.1, -0.05) is 30.3 Å². The maximum absolute atomic E-state index is 11.4. The molecule has 1 aromatic carbocycles. The lowest BCUT2D eigenvalue weighted by atomic mass is 10.0. The summed E-state index contributed by atoms with van der Waals surface area (Å²) < 4.78 is 22.9. The van der Waals surface area contributed by atoms with Crippen molar-refractivity contribution in [2.75, 3.05) is 13.7 Å². The molecule has 0 amide bonds. The number of carboxylic acids is 1. The van der Waals surface area contributed by atoms with Gasteiger partial charge in [0.15, 0.2) is 12.6 Å². The third kappa shape index (κ3) is 2.14. The van der Waals surface area contributed by atoms with Crippen molar-refractivity contribution in [3.63, 3.8) is 0 Å². The Bertz CT molecular complexity index is 561. The Hall–Kier alpha value is -1.47. The van der Waals surface area contributed by atoms with Crippen LogP contribution in [0.2, 0.25) is 0 Å². The summed E-state index contributed by atoms with van der Waals surface area (Å²) in [5.41, 5.74) is 0.930. The molecule has 0 unspecified atom stereocenters. The lowest BCUT2D eigenvalue weighted by molar-refractivity contribution is -0.316. The van der Waals surface area contributed by atoms with Crippen molar-refractivity contribution in [3.8, 4) is 0 Å². The highest BCUT2D eigenvalue weighted by Crippen LogP contribution is 2.58. The Kier molecular flexibility index (Phi) is 3.41. The molecular formula is C16H18O6. The maximum atomic E-state index is 11.4. The minimum atomic E-state index is -0.812. The van der Waals surface area contributed by atoms with E-state index in [0.717, 1.165) is 5.56 Å². The summed E-state index contributed by atoms with van der Waals surface area (Å²) in [4.78, 5) is 11.4. The predicted octanol–water partition coefficient (Wildman–Crippen LogP) is 1.42. The summed E-state index contributed by atoms with van der Waals surface area (Å²) in [5, 5.41) is 9.37. The molecule has 118 valence electrons. The Morgan fingerprint density at radius 2 is 2.00 bits per heavy atom. The summed E-state index contributed by atoms with van der Waals surface area (Å²) in [7, 11) is 1.54. The van der Waals surface area contributed by atoms with Crippen molar-refractivity contribution < 1.29 is 28.8 Å². The standard InChI is InChI=1S/C16H18O6/c1-19-16-12-10(11(12)14(17)18)13-9(21-16)7-20-15(22-13)8-5-3-2-4-6-8/h2-6,9-13,15-16H,7H2,1H3,(H,17,18)/t9-,10-,11-,12-,13-,15-,16+/m1/s1. The number of hydrogen-bond acceptors (Lipinski definition) is 5. The second kappa shape index (κ2) is 5.31. The summed E-state index contributed by atoms with van der Waals surface area (Å²) in [6.07, 6.45) is -1.51. The predicted molar refractivity (Wildman–Crippen MR) is 73.8 cm³/mol. The number of methoxy groups -OCH3 is 1. The van der Waals surface area contributed by atoms with Crippen LogP contribution >= 0.6 is 0 Å². The first-order valence-electron chi connectivity index (χ1n) is 7.44. The third-order valence-electron chi connectivity index (χ3n) is 4.78. The number of rotatable bonds is 3. The van der Waals surface area contributed by atoms with E-state index >= 15 is 0 Å². The highest BCUT2D eigenvalue weighted by molar-refractivity contribution is 5.74. The van der Waals surface area contributed by atoms with Gasteiger partial charge in [0.05, 0.1) is 18.6 Å². The van der Waals surface area contributed by atoms with E-state index in [0.29, 0.717) is 6.61 Å². The first-order chi connectivity index (χ1) is 10.7. The Morgan fingerprint density at radius 1 is 1.23 bits per heavy atom. The number of fused-ring (bicyclic) bond motifs is 3. The average Bonchev–Trinajstić information content (AvgIpc) is 3.30. The molecule has 6 nitrogen and oxygen atoms in total. The number of benzene rings is 1. The first-order valence-corrected chi connectivity index (χ1v) is 7.44. The molecule has 6 heteroatoms. The van der Waals surface area contributed by atoms with E-state index in [4.69, 9.17) is 18.9 Å². The minimum Gasteiger partial charge on any atom is -0.481 e. The van der Waals surface area contributed by atoms with E-state index < -0.39 is 24.5 Å². The molecule has 1 N–H and O–H groups in total. The van der Waals surface area contributed by atoms with Crippen LogP contribution in [0.4, 0.5) is 0 Å². The van der Waals surface area contributed by atoms with Crippen LogP contribution in [0, 0.1) is 17.8 Å². The second-order valence-corrected chi connectivity index (χ2v) is 5.97. The molecule has 0 aromatic heterocycles. The van der Waals surface area contributed by atoms with E-state index in [1.165, 1.54) is 7.11 Å². The zero-order valence-electron chi connectivity index (χ0n) is 12.1. The first kappa shape index (κ1) is 14.1. The van der Waals surface area contributed by atoms with Gasteiger partial charge in [0.2, 0.25) is 0 Å². The van der Waals surface area contributed by atoms with E-state index in [-0.39, 0.29) is 24.0 Å². The SMILES string of the molecule is CO[C@H]1O[C@@H]2CO[C@@H](c3ccccc3)O[C@H]2[C@@H]2[C@@H](C(=O)O)[C@H]12. The summed E-state index contributed by atoms with van der Waals surface area (Å²) in [6.45, 7) is 0.375. The number of carboxylic acid groups (broad SMARTS) is 1. The fourth-order valence-corrected chi connectivity index (χ4v) is 3.73. The van der Waals surface area contributed by atoms with Gasteiger partial charge in [-0.2, -0.15) is 0 Å². The molecule has 2 heterocycles. The fraction of sp³-hybridized carbons (Fsp3) is 0.562. The normalized spacial score (nSPS) is 43.0. The van der Waals surface area contributed by atoms with Gasteiger partial charge in [-0.25, -0.2) is 0 Å². The molecule has 0 spiro atoms. The lowest BCUT2D eigenvalue weighted by Crippen LogP contribution is -2.49. The molecule has 0 radical (unpaired) electrons. The minimum absolute atomic E-state index is 0.0729. The smallest absolute Gasteiger partial charge is 0.307 e. The molecular weight excluding hydrogens is 288 g/mol. The van der Waals surface area contributed by atoms with E-state index in [9.17, 15) is 9.90 Å². The largest absolute Gasteiger partial charge is 0.481 e. The molecule has 1 aromatic rings. The maximum Gasteiger partial charge on any atom is 0.307 e. The molecule has 7 atom stereocenters. The fourth-order valence-electron chi connectivity index (χ4n) is 3.73. The van der Waals surface area contributed by atoms with Gasteiger partial charge in [-0.3, -0.25) is 4.79 Å². The summed E-state index contributed by atoms with van der Waals surface area (Å²) >= 11 is 0. The van der Waals surface area contributed by atoms with E-state index in [1.807, 2.05) is 30.3 Å². The zero-order chi connectivity index (χ0) is 15.3. The zero-order valence-corrected chi connectivity index (χ0v) is 12.1. The lowest BCUT2D eigenvalue weighted by Gasteiger charge is -2.41.